The molecule has 1 N–H and O–H groups in total. The quantitative estimate of drug-likeness (QED) is 0.396. The van der Waals surface area contributed by atoms with Crippen molar-refractivity contribution in [1.82, 2.24) is 25.0 Å². The van der Waals surface area contributed by atoms with E-state index in [0.717, 1.165) is 56.2 Å². The van der Waals surface area contributed by atoms with Crippen molar-refractivity contribution in [2.45, 2.75) is 53.0 Å². The number of hydrogen-bond donors (Lipinski definition) is 1. The van der Waals surface area contributed by atoms with Crippen molar-refractivity contribution in [3.63, 3.8) is 0 Å². The number of nitrogens with one attached hydrogen (secondary N) is 1. The zero-order chi connectivity index (χ0) is 16.7. The molecule has 0 bridgehead atoms. The van der Waals surface area contributed by atoms with Gasteiger partial charge < -0.3 is 14.8 Å². The molecule has 1 saturated heterocycles. The molecule has 0 spiro atoms. The predicted molar refractivity (Wildman–Crippen MR) is 110 cm³/mol. The first-order valence-electron chi connectivity index (χ1n) is 9.05. The van der Waals surface area contributed by atoms with Gasteiger partial charge in [0.05, 0.1) is 0 Å². The van der Waals surface area contributed by atoms with Crippen molar-refractivity contribution in [3.8, 4) is 0 Å². The number of guanidine groups is 1. The Kier molecular flexibility index (Phi) is 9.61. The minimum Gasteiger partial charge on any atom is -0.354 e. The van der Waals surface area contributed by atoms with E-state index in [9.17, 15) is 0 Å². The van der Waals surface area contributed by atoms with E-state index in [0.29, 0.717) is 0 Å². The SMILES string of the molecule is CCc1nncn1CCNC(=NC)N1CCC(C(CC)CC)C1.I. The van der Waals surface area contributed by atoms with Gasteiger partial charge in [-0.3, -0.25) is 4.99 Å². The highest BCUT2D eigenvalue weighted by molar-refractivity contribution is 14.0. The third-order valence-electron chi connectivity index (χ3n) is 5.10. The fourth-order valence-corrected chi connectivity index (χ4v) is 3.68. The van der Waals surface area contributed by atoms with E-state index in [1.807, 2.05) is 13.4 Å². The maximum Gasteiger partial charge on any atom is 0.193 e. The lowest BCUT2D eigenvalue weighted by Gasteiger charge is -2.24. The fraction of sp³-hybridized carbons (Fsp3) is 0.824. The number of hydrogen-bond acceptors (Lipinski definition) is 3. The van der Waals surface area contributed by atoms with Crippen molar-refractivity contribution < 1.29 is 0 Å². The van der Waals surface area contributed by atoms with Gasteiger partial charge >= 0.3 is 0 Å². The minimum absolute atomic E-state index is 0. The van der Waals surface area contributed by atoms with Gasteiger partial charge in [-0.1, -0.05) is 33.6 Å². The van der Waals surface area contributed by atoms with Crippen molar-refractivity contribution in [1.29, 1.82) is 0 Å². The van der Waals surface area contributed by atoms with Crippen LogP contribution in [0.2, 0.25) is 0 Å². The second-order valence-corrected chi connectivity index (χ2v) is 6.34. The normalized spacial score (nSPS) is 18.1. The Bertz CT molecular complexity index is 497. The molecular weight excluding hydrogens is 415 g/mol. The summed E-state index contributed by atoms with van der Waals surface area (Å²) in [5.74, 6) is 3.73. The summed E-state index contributed by atoms with van der Waals surface area (Å²) in [4.78, 5) is 6.88. The number of nitrogens with zero attached hydrogens (tertiary/aromatic N) is 5. The van der Waals surface area contributed by atoms with Crippen LogP contribution < -0.4 is 5.32 Å². The maximum absolute atomic E-state index is 4.47. The molecule has 138 valence electrons. The van der Waals surface area contributed by atoms with Gasteiger partial charge in [-0.25, -0.2) is 0 Å². The van der Waals surface area contributed by atoms with Crippen LogP contribution in [0.1, 0.15) is 45.9 Å². The van der Waals surface area contributed by atoms with E-state index >= 15 is 0 Å². The Balaban J connectivity index is 0.00000288. The summed E-state index contributed by atoms with van der Waals surface area (Å²) < 4.78 is 2.11. The summed E-state index contributed by atoms with van der Waals surface area (Å²) >= 11 is 0. The highest BCUT2D eigenvalue weighted by Gasteiger charge is 2.29. The lowest BCUT2D eigenvalue weighted by Crippen LogP contribution is -2.41. The van der Waals surface area contributed by atoms with Crippen LogP contribution in [0, 0.1) is 11.8 Å². The molecule has 1 aromatic rings. The number of aliphatic imine (C=N–C) groups is 1. The van der Waals surface area contributed by atoms with Gasteiger partial charge in [-0.2, -0.15) is 0 Å². The summed E-state index contributed by atoms with van der Waals surface area (Å²) in [5.41, 5.74) is 0. The Morgan fingerprint density at radius 3 is 2.75 bits per heavy atom. The smallest absolute Gasteiger partial charge is 0.193 e. The fourth-order valence-electron chi connectivity index (χ4n) is 3.68. The molecular formula is C17H33IN6. The van der Waals surface area contributed by atoms with E-state index in [2.05, 4.69) is 50.7 Å². The monoisotopic (exact) mass is 448 g/mol. The zero-order valence-electron chi connectivity index (χ0n) is 15.5. The van der Waals surface area contributed by atoms with Crippen molar-refractivity contribution in [3.05, 3.63) is 12.2 Å². The molecule has 24 heavy (non-hydrogen) atoms. The molecule has 6 nitrogen and oxygen atoms in total. The summed E-state index contributed by atoms with van der Waals surface area (Å²) in [6, 6.07) is 0. The first kappa shape index (κ1) is 21.2. The van der Waals surface area contributed by atoms with Gasteiger partial charge in [0.25, 0.3) is 0 Å². The Hall–Kier alpha value is -0.860. The van der Waals surface area contributed by atoms with Gasteiger partial charge in [0.15, 0.2) is 5.96 Å². The molecule has 0 aliphatic carbocycles. The average molecular weight is 448 g/mol. The standard InChI is InChI=1S/C17H32N6.HI/c1-5-14(6-2)15-8-10-22(12-15)17(18-4)19-9-11-23-13-20-21-16(23)7-3;/h13-15H,5-12H2,1-4H3,(H,18,19);1H. The molecule has 1 aliphatic heterocycles. The number of rotatable bonds is 7. The number of likely N-dealkylation sites (tertiary alicyclic amines) is 1. The highest BCUT2D eigenvalue weighted by atomic mass is 127. The first-order valence-corrected chi connectivity index (χ1v) is 9.05. The van der Waals surface area contributed by atoms with Crippen molar-refractivity contribution in [2.75, 3.05) is 26.7 Å². The van der Waals surface area contributed by atoms with Gasteiger partial charge in [0.2, 0.25) is 0 Å². The van der Waals surface area contributed by atoms with E-state index in [4.69, 9.17) is 0 Å². The molecule has 1 unspecified atom stereocenters. The Morgan fingerprint density at radius 2 is 2.12 bits per heavy atom. The summed E-state index contributed by atoms with van der Waals surface area (Å²) in [7, 11) is 1.88. The molecule has 1 aromatic heterocycles. The Labute approximate surface area is 163 Å². The third kappa shape index (κ3) is 5.32. The highest BCUT2D eigenvalue weighted by Crippen LogP contribution is 2.28. The van der Waals surface area contributed by atoms with Gasteiger partial charge in [0, 0.05) is 39.6 Å². The van der Waals surface area contributed by atoms with E-state index in [1.54, 1.807) is 0 Å². The zero-order valence-corrected chi connectivity index (χ0v) is 17.9. The average Bonchev–Trinajstić information content (AvgIpc) is 3.22. The van der Waals surface area contributed by atoms with Crippen molar-refractivity contribution in [2.24, 2.45) is 16.8 Å². The molecule has 0 aromatic carbocycles. The molecule has 7 heteroatoms. The molecule has 1 atom stereocenters. The van der Waals surface area contributed by atoms with Crippen LogP contribution in [-0.2, 0) is 13.0 Å². The van der Waals surface area contributed by atoms with Crippen LogP contribution in [0.3, 0.4) is 0 Å². The van der Waals surface area contributed by atoms with Crippen LogP contribution in [-0.4, -0.2) is 52.3 Å². The topological polar surface area (TPSA) is 58.3 Å². The van der Waals surface area contributed by atoms with Crippen LogP contribution in [0.4, 0.5) is 0 Å². The molecule has 1 fully saturated rings. The van der Waals surface area contributed by atoms with E-state index in [-0.39, 0.29) is 24.0 Å². The second-order valence-electron chi connectivity index (χ2n) is 6.34. The van der Waals surface area contributed by atoms with E-state index in [1.165, 1.54) is 19.3 Å². The van der Waals surface area contributed by atoms with E-state index < -0.39 is 0 Å². The molecule has 0 radical (unpaired) electrons. The van der Waals surface area contributed by atoms with Crippen molar-refractivity contribution >= 4 is 29.9 Å². The largest absolute Gasteiger partial charge is 0.354 e. The molecule has 2 heterocycles. The van der Waals surface area contributed by atoms with Crippen LogP contribution >= 0.6 is 24.0 Å². The maximum atomic E-state index is 4.47. The molecule has 1 aliphatic rings. The van der Waals surface area contributed by atoms with Crippen LogP contribution in [0.25, 0.3) is 0 Å². The Morgan fingerprint density at radius 1 is 1.38 bits per heavy atom. The lowest BCUT2D eigenvalue weighted by atomic mass is 9.87. The second kappa shape index (κ2) is 10.9. The predicted octanol–water partition coefficient (Wildman–Crippen LogP) is 2.79. The summed E-state index contributed by atoms with van der Waals surface area (Å²) in [6.45, 7) is 10.7. The molecule has 2 rings (SSSR count). The van der Waals surface area contributed by atoms with Gasteiger partial charge in [-0.05, 0) is 18.3 Å². The first-order chi connectivity index (χ1) is 11.2. The molecule has 0 amide bonds. The van der Waals surface area contributed by atoms with Gasteiger partial charge in [0.1, 0.15) is 12.2 Å². The van der Waals surface area contributed by atoms with Gasteiger partial charge in [-0.15, -0.1) is 34.2 Å². The van der Waals surface area contributed by atoms with Crippen LogP contribution in [0.15, 0.2) is 11.3 Å². The molecule has 0 saturated carbocycles. The number of halogens is 1. The minimum atomic E-state index is 0. The lowest BCUT2D eigenvalue weighted by molar-refractivity contribution is 0.319. The number of aryl methyl sites for hydroxylation is 1. The van der Waals surface area contributed by atoms with Crippen LogP contribution in [0.5, 0.6) is 0 Å². The third-order valence-corrected chi connectivity index (χ3v) is 5.10. The number of aromatic nitrogens is 3. The summed E-state index contributed by atoms with van der Waals surface area (Å²) in [6.07, 6.45) is 6.58. The summed E-state index contributed by atoms with van der Waals surface area (Å²) in [5, 5.41) is 11.6.